The van der Waals surface area contributed by atoms with Crippen molar-refractivity contribution in [1.29, 1.82) is 0 Å². The summed E-state index contributed by atoms with van der Waals surface area (Å²) in [4.78, 5) is 11.7. The van der Waals surface area contributed by atoms with E-state index in [1.165, 1.54) is 4.68 Å². The number of carbonyl (C=O) groups excluding carboxylic acids is 1. The molecule has 2 N–H and O–H groups in total. The van der Waals surface area contributed by atoms with E-state index in [9.17, 15) is 4.79 Å². The highest BCUT2D eigenvalue weighted by Gasteiger charge is 2.19. The Kier molecular flexibility index (Phi) is 4.06. The topological polar surface area (TPSA) is 67.2 Å². The molecule has 0 aliphatic carbocycles. The second-order valence-corrected chi connectivity index (χ2v) is 4.66. The lowest BCUT2D eigenvalue weighted by atomic mass is 9.90. The Morgan fingerprint density at radius 1 is 1.62 bits per heavy atom. The van der Waals surface area contributed by atoms with Gasteiger partial charge in [0.1, 0.15) is 5.69 Å². The van der Waals surface area contributed by atoms with Crippen LogP contribution in [0.3, 0.4) is 0 Å². The molecule has 0 fully saturated rings. The van der Waals surface area contributed by atoms with Crippen LogP contribution in [-0.4, -0.2) is 33.9 Å². The minimum absolute atomic E-state index is 0.0942. The van der Waals surface area contributed by atoms with Crippen molar-refractivity contribution in [2.24, 2.45) is 12.5 Å². The molecule has 0 saturated carbocycles. The summed E-state index contributed by atoms with van der Waals surface area (Å²) in [6.07, 6.45) is 2.26. The second kappa shape index (κ2) is 5.12. The molecular weight excluding hydrogens is 206 g/mol. The van der Waals surface area contributed by atoms with Gasteiger partial charge in [-0.25, -0.2) is 0 Å². The highest BCUT2D eigenvalue weighted by Crippen LogP contribution is 2.18. The lowest BCUT2D eigenvalue weighted by Gasteiger charge is -2.23. The second-order valence-electron chi connectivity index (χ2n) is 4.66. The van der Waals surface area contributed by atoms with Crippen molar-refractivity contribution in [2.45, 2.75) is 20.3 Å². The zero-order valence-electron chi connectivity index (χ0n) is 10.0. The van der Waals surface area contributed by atoms with Crippen LogP contribution in [0.1, 0.15) is 30.8 Å². The predicted molar refractivity (Wildman–Crippen MR) is 61.0 cm³/mol. The fourth-order valence-corrected chi connectivity index (χ4v) is 1.40. The van der Waals surface area contributed by atoms with Gasteiger partial charge in [0.2, 0.25) is 0 Å². The van der Waals surface area contributed by atoms with Crippen molar-refractivity contribution in [3.63, 3.8) is 0 Å². The Hall–Kier alpha value is -1.36. The molecule has 1 amide bonds. The van der Waals surface area contributed by atoms with Crippen molar-refractivity contribution in [3.05, 3.63) is 18.0 Å². The zero-order chi connectivity index (χ0) is 12.2. The van der Waals surface area contributed by atoms with Crippen molar-refractivity contribution in [3.8, 4) is 0 Å². The smallest absolute Gasteiger partial charge is 0.269 e. The first-order valence-electron chi connectivity index (χ1n) is 5.33. The summed E-state index contributed by atoms with van der Waals surface area (Å²) in [6.45, 7) is 4.69. The van der Waals surface area contributed by atoms with Crippen molar-refractivity contribution in [1.82, 2.24) is 15.1 Å². The van der Waals surface area contributed by atoms with Gasteiger partial charge in [-0.15, -0.1) is 0 Å². The van der Waals surface area contributed by atoms with E-state index in [2.05, 4.69) is 10.4 Å². The lowest BCUT2D eigenvalue weighted by Crippen LogP contribution is -2.35. The molecule has 1 aromatic heterocycles. The van der Waals surface area contributed by atoms with Crippen LogP contribution in [-0.2, 0) is 7.05 Å². The zero-order valence-corrected chi connectivity index (χ0v) is 10.0. The Balaban J connectivity index is 2.51. The fourth-order valence-electron chi connectivity index (χ4n) is 1.40. The van der Waals surface area contributed by atoms with Crippen LogP contribution < -0.4 is 5.32 Å². The van der Waals surface area contributed by atoms with Gasteiger partial charge in [-0.3, -0.25) is 9.48 Å². The number of aryl methyl sites for hydroxylation is 1. The number of amides is 1. The summed E-state index contributed by atoms with van der Waals surface area (Å²) in [5.74, 6) is -0.133. The number of rotatable bonds is 5. The standard InChI is InChI=1S/C11H19N3O2/c1-11(2,5-7-15)8-12-10(16)9-4-6-13-14(9)3/h4,6,15H,5,7-8H2,1-3H3,(H,12,16). The van der Waals surface area contributed by atoms with Gasteiger partial charge in [-0.2, -0.15) is 5.10 Å². The van der Waals surface area contributed by atoms with Gasteiger partial charge in [0.05, 0.1) is 0 Å². The van der Waals surface area contributed by atoms with E-state index in [-0.39, 0.29) is 17.9 Å². The first kappa shape index (κ1) is 12.7. The average molecular weight is 225 g/mol. The molecule has 1 aromatic rings. The van der Waals surface area contributed by atoms with Crippen LogP contribution in [0.25, 0.3) is 0 Å². The van der Waals surface area contributed by atoms with E-state index in [0.717, 1.165) is 0 Å². The first-order valence-corrected chi connectivity index (χ1v) is 5.33. The van der Waals surface area contributed by atoms with Crippen molar-refractivity contribution >= 4 is 5.91 Å². The van der Waals surface area contributed by atoms with Crippen LogP contribution in [0, 0.1) is 5.41 Å². The first-order chi connectivity index (χ1) is 7.46. The van der Waals surface area contributed by atoms with Gasteiger partial charge < -0.3 is 10.4 Å². The molecule has 90 valence electrons. The average Bonchev–Trinajstić information content (AvgIpc) is 2.61. The number of nitrogens with zero attached hydrogens (tertiary/aromatic N) is 2. The maximum atomic E-state index is 11.7. The molecule has 0 bridgehead atoms. The Morgan fingerprint density at radius 3 is 2.81 bits per heavy atom. The largest absolute Gasteiger partial charge is 0.396 e. The summed E-state index contributed by atoms with van der Waals surface area (Å²) in [7, 11) is 1.73. The third-order valence-corrected chi connectivity index (χ3v) is 2.57. The lowest BCUT2D eigenvalue weighted by molar-refractivity contribution is 0.0918. The molecule has 0 radical (unpaired) electrons. The van der Waals surface area contributed by atoms with Crippen LogP contribution in [0.4, 0.5) is 0 Å². The molecule has 1 heterocycles. The van der Waals surface area contributed by atoms with E-state index in [1.807, 2.05) is 13.8 Å². The third kappa shape index (κ3) is 3.34. The van der Waals surface area contributed by atoms with Gasteiger partial charge in [-0.1, -0.05) is 13.8 Å². The number of nitrogens with one attached hydrogen (secondary N) is 1. The molecule has 0 aliphatic heterocycles. The molecule has 16 heavy (non-hydrogen) atoms. The van der Waals surface area contributed by atoms with E-state index < -0.39 is 0 Å². The van der Waals surface area contributed by atoms with E-state index in [4.69, 9.17) is 5.11 Å². The van der Waals surface area contributed by atoms with Gasteiger partial charge >= 0.3 is 0 Å². The number of carbonyl (C=O) groups is 1. The summed E-state index contributed by atoms with van der Waals surface area (Å²) in [5, 5.41) is 15.6. The Bertz CT molecular complexity index is 358. The molecule has 0 saturated heterocycles. The quantitative estimate of drug-likeness (QED) is 0.769. The minimum atomic E-state index is -0.133. The van der Waals surface area contributed by atoms with E-state index in [0.29, 0.717) is 18.7 Å². The van der Waals surface area contributed by atoms with E-state index in [1.54, 1.807) is 19.3 Å². The van der Waals surface area contributed by atoms with Gasteiger partial charge in [-0.05, 0) is 17.9 Å². The molecular formula is C11H19N3O2. The summed E-state index contributed by atoms with van der Waals surface area (Å²) >= 11 is 0. The SMILES string of the molecule is Cn1nccc1C(=O)NCC(C)(C)CCO. The third-order valence-electron chi connectivity index (χ3n) is 2.57. The van der Waals surface area contributed by atoms with Gasteiger partial charge in [0.15, 0.2) is 0 Å². The maximum absolute atomic E-state index is 11.7. The van der Waals surface area contributed by atoms with Gasteiger partial charge in [0.25, 0.3) is 5.91 Å². The monoisotopic (exact) mass is 225 g/mol. The maximum Gasteiger partial charge on any atom is 0.269 e. The number of aromatic nitrogens is 2. The number of hydrogen-bond donors (Lipinski definition) is 2. The highest BCUT2D eigenvalue weighted by atomic mass is 16.3. The molecule has 0 unspecified atom stereocenters. The van der Waals surface area contributed by atoms with Crippen molar-refractivity contribution in [2.75, 3.05) is 13.2 Å². The normalized spacial score (nSPS) is 11.5. The molecule has 1 rings (SSSR count). The van der Waals surface area contributed by atoms with Crippen LogP contribution >= 0.6 is 0 Å². The van der Waals surface area contributed by atoms with Crippen LogP contribution in [0.15, 0.2) is 12.3 Å². The highest BCUT2D eigenvalue weighted by molar-refractivity contribution is 5.92. The predicted octanol–water partition coefficient (Wildman–Crippen LogP) is 0.558. The van der Waals surface area contributed by atoms with Gasteiger partial charge in [0, 0.05) is 26.4 Å². The molecule has 0 aromatic carbocycles. The van der Waals surface area contributed by atoms with E-state index >= 15 is 0 Å². The van der Waals surface area contributed by atoms with Crippen molar-refractivity contribution < 1.29 is 9.90 Å². The Labute approximate surface area is 95.5 Å². The fraction of sp³-hybridized carbons (Fsp3) is 0.636. The number of aliphatic hydroxyl groups excluding tert-OH is 1. The number of hydrogen-bond acceptors (Lipinski definition) is 3. The summed E-state index contributed by atoms with van der Waals surface area (Å²) in [5.41, 5.74) is 0.447. The molecule has 0 atom stereocenters. The molecule has 0 spiro atoms. The number of aliphatic hydroxyl groups is 1. The molecule has 5 heteroatoms. The van der Waals surface area contributed by atoms with Crippen LogP contribution in [0.5, 0.6) is 0 Å². The summed E-state index contributed by atoms with van der Waals surface area (Å²) < 4.78 is 1.54. The summed E-state index contributed by atoms with van der Waals surface area (Å²) in [6, 6.07) is 1.67. The molecule has 5 nitrogen and oxygen atoms in total. The van der Waals surface area contributed by atoms with Crippen LogP contribution in [0.2, 0.25) is 0 Å². The minimum Gasteiger partial charge on any atom is -0.396 e. The molecule has 0 aliphatic rings. The Morgan fingerprint density at radius 2 is 2.31 bits per heavy atom.